The van der Waals surface area contributed by atoms with Gasteiger partial charge in [-0.1, -0.05) is 24.9 Å². The van der Waals surface area contributed by atoms with E-state index in [1.807, 2.05) is 6.92 Å². The van der Waals surface area contributed by atoms with Gasteiger partial charge in [0.25, 0.3) is 0 Å². The van der Waals surface area contributed by atoms with Crippen molar-refractivity contribution >= 4 is 22.5 Å². The van der Waals surface area contributed by atoms with Crippen molar-refractivity contribution < 1.29 is 17.9 Å². The van der Waals surface area contributed by atoms with Gasteiger partial charge in [-0.15, -0.1) is 0 Å². The van der Waals surface area contributed by atoms with Gasteiger partial charge in [0, 0.05) is 16.5 Å². The molecule has 2 rings (SSSR count). The van der Waals surface area contributed by atoms with Crippen molar-refractivity contribution in [1.82, 2.24) is 4.98 Å². The van der Waals surface area contributed by atoms with Crippen molar-refractivity contribution in [1.29, 1.82) is 0 Å². The van der Waals surface area contributed by atoms with Gasteiger partial charge in [0.1, 0.15) is 11.4 Å². The van der Waals surface area contributed by atoms with Crippen molar-refractivity contribution in [2.24, 2.45) is 0 Å². The summed E-state index contributed by atoms with van der Waals surface area (Å²) < 4.78 is 44.0. The van der Waals surface area contributed by atoms with Crippen LogP contribution in [0.15, 0.2) is 24.3 Å². The fourth-order valence-electron chi connectivity index (χ4n) is 1.76. The molecule has 2 nitrogen and oxygen atoms in total. The van der Waals surface area contributed by atoms with Gasteiger partial charge in [0.2, 0.25) is 0 Å². The lowest BCUT2D eigenvalue weighted by molar-refractivity contribution is -0.141. The van der Waals surface area contributed by atoms with Gasteiger partial charge in [-0.25, -0.2) is 4.98 Å². The maximum absolute atomic E-state index is 12.8. The van der Waals surface area contributed by atoms with Crippen LogP contribution in [-0.4, -0.2) is 11.6 Å². The Bertz CT molecular complexity index is 613. The molecule has 0 N–H and O–H groups in total. The van der Waals surface area contributed by atoms with Crippen molar-refractivity contribution in [3.05, 3.63) is 35.0 Å². The van der Waals surface area contributed by atoms with Crippen LogP contribution in [0.5, 0.6) is 5.75 Å². The molecule has 0 amide bonds. The minimum atomic E-state index is -4.51. The zero-order chi connectivity index (χ0) is 14.8. The van der Waals surface area contributed by atoms with Crippen LogP contribution in [0.2, 0.25) is 5.02 Å². The summed E-state index contributed by atoms with van der Waals surface area (Å²) in [6, 6.07) is 5.56. The summed E-state index contributed by atoms with van der Waals surface area (Å²) >= 11 is 5.80. The number of unbranched alkanes of at least 4 members (excludes halogenated alkanes) is 1. The highest BCUT2D eigenvalue weighted by Crippen LogP contribution is 2.35. The first-order valence-corrected chi connectivity index (χ1v) is 6.60. The number of hydrogen-bond acceptors (Lipinski definition) is 2. The van der Waals surface area contributed by atoms with E-state index < -0.39 is 11.9 Å². The molecule has 2 aromatic rings. The monoisotopic (exact) mass is 303 g/mol. The Hall–Kier alpha value is -1.49. The molecular weight excluding hydrogens is 291 g/mol. The van der Waals surface area contributed by atoms with Gasteiger partial charge in [0.15, 0.2) is 0 Å². The number of hydrogen-bond donors (Lipinski definition) is 0. The smallest absolute Gasteiger partial charge is 0.433 e. The van der Waals surface area contributed by atoms with Crippen molar-refractivity contribution in [3.8, 4) is 5.75 Å². The summed E-state index contributed by atoms with van der Waals surface area (Å²) in [6.45, 7) is 2.35. The predicted molar refractivity (Wildman–Crippen MR) is 72.2 cm³/mol. The van der Waals surface area contributed by atoms with E-state index in [0.29, 0.717) is 17.0 Å². The Kier molecular flexibility index (Phi) is 4.38. The standard InChI is InChI=1S/C14H13ClF3NO/c1-2-3-6-20-12-8-13(14(16,17)18)19-11-7-9(15)4-5-10(11)12/h4-5,7-8H,2-3,6H2,1H3. The molecule has 0 radical (unpaired) electrons. The molecule has 1 aromatic heterocycles. The topological polar surface area (TPSA) is 22.1 Å². The van der Waals surface area contributed by atoms with E-state index in [1.54, 1.807) is 12.1 Å². The largest absolute Gasteiger partial charge is 0.493 e. The molecule has 0 atom stereocenters. The summed E-state index contributed by atoms with van der Waals surface area (Å²) in [6.07, 6.45) is -2.83. The van der Waals surface area contributed by atoms with Crippen LogP contribution in [0.1, 0.15) is 25.5 Å². The number of rotatable bonds is 4. The average molecular weight is 304 g/mol. The minimum Gasteiger partial charge on any atom is -0.493 e. The molecule has 0 spiro atoms. The summed E-state index contributed by atoms with van der Waals surface area (Å²) in [5.41, 5.74) is -0.794. The van der Waals surface area contributed by atoms with Crippen molar-refractivity contribution in [2.45, 2.75) is 25.9 Å². The predicted octanol–water partition coefficient (Wildman–Crippen LogP) is 5.09. The molecule has 0 bridgehead atoms. The number of fused-ring (bicyclic) bond motifs is 1. The van der Waals surface area contributed by atoms with Gasteiger partial charge < -0.3 is 4.74 Å². The quantitative estimate of drug-likeness (QED) is 0.734. The van der Waals surface area contributed by atoms with Gasteiger partial charge in [0.05, 0.1) is 12.1 Å². The molecule has 0 saturated carbocycles. The second kappa shape index (κ2) is 5.87. The number of aromatic nitrogens is 1. The third-order valence-corrected chi connectivity index (χ3v) is 3.01. The summed E-state index contributed by atoms with van der Waals surface area (Å²) in [5, 5.41) is 0.863. The maximum Gasteiger partial charge on any atom is 0.433 e. The van der Waals surface area contributed by atoms with E-state index in [-0.39, 0.29) is 11.3 Å². The SMILES string of the molecule is CCCCOc1cc(C(F)(F)F)nc2cc(Cl)ccc12. The number of halogens is 4. The zero-order valence-electron chi connectivity index (χ0n) is 10.8. The molecule has 0 aliphatic heterocycles. The molecule has 0 saturated heterocycles. The molecule has 108 valence electrons. The Labute approximate surface area is 119 Å². The first kappa shape index (κ1) is 14.9. The van der Waals surface area contributed by atoms with Gasteiger partial charge >= 0.3 is 6.18 Å². The molecule has 0 unspecified atom stereocenters. The van der Waals surface area contributed by atoms with Gasteiger partial charge in [-0.3, -0.25) is 0 Å². The molecule has 0 aliphatic carbocycles. The number of ether oxygens (including phenoxy) is 1. The van der Waals surface area contributed by atoms with E-state index in [9.17, 15) is 13.2 Å². The van der Waals surface area contributed by atoms with Crippen LogP contribution in [0.4, 0.5) is 13.2 Å². The van der Waals surface area contributed by atoms with Crippen molar-refractivity contribution in [2.75, 3.05) is 6.61 Å². The maximum atomic E-state index is 12.8. The molecule has 0 aliphatic rings. The Balaban J connectivity index is 2.51. The van der Waals surface area contributed by atoms with Crippen LogP contribution >= 0.6 is 11.6 Å². The van der Waals surface area contributed by atoms with Crippen LogP contribution in [0.25, 0.3) is 10.9 Å². The summed E-state index contributed by atoms with van der Waals surface area (Å²) in [4.78, 5) is 3.61. The number of pyridine rings is 1. The lowest BCUT2D eigenvalue weighted by Gasteiger charge is -2.13. The van der Waals surface area contributed by atoms with E-state index in [1.165, 1.54) is 6.07 Å². The summed E-state index contributed by atoms with van der Waals surface area (Å²) in [7, 11) is 0. The normalized spacial score (nSPS) is 11.8. The lowest BCUT2D eigenvalue weighted by Crippen LogP contribution is -2.09. The Morgan fingerprint density at radius 3 is 2.65 bits per heavy atom. The number of nitrogens with zero attached hydrogens (tertiary/aromatic N) is 1. The molecule has 1 heterocycles. The fourth-order valence-corrected chi connectivity index (χ4v) is 1.93. The minimum absolute atomic E-state index is 0.179. The first-order chi connectivity index (χ1) is 9.41. The summed E-state index contributed by atoms with van der Waals surface area (Å²) in [5.74, 6) is 0.187. The average Bonchev–Trinajstić information content (AvgIpc) is 2.37. The van der Waals surface area contributed by atoms with Gasteiger partial charge in [-0.05, 0) is 24.6 Å². The fraction of sp³-hybridized carbons (Fsp3) is 0.357. The highest BCUT2D eigenvalue weighted by molar-refractivity contribution is 6.31. The van der Waals surface area contributed by atoms with Crippen LogP contribution < -0.4 is 4.74 Å². The molecular formula is C14H13ClF3NO. The third-order valence-electron chi connectivity index (χ3n) is 2.78. The van der Waals surface area contributed by atoms with E-state index in [0.717, 1.165) is 18.9 Å². The zero-order valence-corrected chi connectivity index (χ0v) is 11.6. The highest BCUT2D eigenvalue weighted by atomic mass is 35.5. The molecule has 0 fully saturated rings. The first-order valence-electron chi connectivity index (χ1n) is 6.22. The van der Waals surface area contributed by atoms with E-state index in [4.69, 9.17) is 16.3 Å². The lowest BCUT2D eigenvalue weighted by atomic mass is 10.1. The van der Waals surface area contributed by atoms with Crippen LogP contribution in [-0.2, 0) is 6.18 Å². The Morgan fingerprint density at radius 1 is 1.25 bits per heavy atom. The second-order valence-electron chi connectivity index (χ2n) is 4.37. The van der Waals surface area contributed by atoms with Gasteiger partial charge in [-0.2, -0.15) is 13.2 Å². The van der Waals surface area contributed by atoms with Crippen molar-refractivity contribution in [3.63, 3.8) is 0 Å². The number of benzene rings is 1. The number of alkyl halides is 3. The third kappa shape index (κ3) is 3.33. The van der Waals surface area contributed by atoms with E-state index in [2.05, 4.69) is 4.98 Å². The second-order valence-corrected chi connectivity index (χ2v) is 4.80. The molecule has 6 heteroatoms. The van der Waals surface area contributed by atoms with Crippen LogP contribution in [0, 0.1) is 0 Å². The molecule has 20 heavy (non-hydrogen) atoms. The Morgan fingerprint density at radius 2 is 2.00 bits per heavy atom. The highest BCUT2D eigenvalue weighted by Gasteiger charge is 2.33. The van der Waals surface area contributed by atoms with E-state index >= 15 is 0 Å². The van der Waals surface area contributed by atoms with Crippen LogP contribution in [0.3, 0.4) is 0 Å². The molecule has 1 aromatic carbocycles.